The first-order valence-corrected chi connectivity index (χ1v) is 6.18. The molecule has 1 aromatic rings. The number of carbonyl (C=O) groups excluding carboxylic acids is 1. The number of amides is 2. The van der Waals surface area contributed by atoms with Gasteiger partial charge in [-0.2, -0.15) is 13.2 Å². The smallest absolute Gasteiger partial charge is 0.405 e. The summed E-state index contributed by atoms with van der Waals surface area (Å²) in [5.41, 5.74) is 1.21. The second-order valence-electron chi connectivity index (χ2n) is 4.74. The summed E-state index contributed by atoms with van der Waals surface area (Å²) in [6, 6.07) is 5.77. The summed E-state index contributed by atoms with van der Waals surface area (Å²) in [5.74, 6) is -2.05. The Morgan fingerprint density at radius 3 is 2.62 bits per heavy atom. The van der Waals surface area contributed by atoms with Gasteiger partial charge in [0.1, 0.15) is 6.54 Å². The first-order chi connectivity index (χ1) is 9.78. The van der Waals surface area contributed by atoms with E-state index in [2.05, 4.69) is 0 Å². The van der Waals surface area contributed by atoms with E-state index in [0.717, 1.165) is 4.90 Å². The maximum Gasteiger partial charge on any atom is 0.405 e. The molecule has 0 radical (unpaired) electrons. The molecule has 0 saturated carbocycles. The van der Waals surface area contributed by atoms with Crippen LogP contribution in [0.5, 0.6) is 0 Å². The third-order valence-corrected chi connectivity index (χ3v) is 3.22. The summed E-state index contributed by atoms with van der Waals surface area (Å²) in [6.07, 6.45) is -4.50. The first-order valence-electron chi connectivity index (χ1n) is 6.18. The molecule has 0 aromatic heterocycles. The molecule has 21 heavy (non-hydrogen) atoms. The Bertz CT molecular complexity index is 560. The van der Waals surface area contributed by atoms with Crippen LogP contribution in [0.15, 0.2) is 24.3 Å². The molecule has 0 saturated heterocycles. The van der Waals surface area contributed by atoms with Gasteiger partial charge in [0.2, 0.25) is 0 Å². The minimum absolute atomic E-state index is 0.0869. The topological polar surface area (TPSA) is 69.6 Å². The average Bonchev–Trinajstić information content (AvgIpc) is 2.42. The Balaban J connectivity index is 2.14. The maximum atomic E-state index is 12.1. The highest BCUT2D eigenvalue weighted by Crippen LogP contribution is 2.28. The highest BCUT2D eigenvalue weighted by molar-refractivity contribution is 5.80. The quantitative estimate of drug-likeness (QED) is 0.877. The number of benzene rings is 1. The third-order valence-electron chi connectivity index (χ3n) is 3.22. The summed E-state index contributed by atoms with van der Waals surface area (Å²) in [7, 11) is 0. The van der Waals surface area contributed by atoms with Gasteiger partial charge in [-0.05, 0) is 11.1 Å². The van der Waals surface area contributed by atoms with Crippen LogP contribution in [0, 0.1) is 0 Å². The molecule has 2 N–H and O–H groups in total. The number of carbonyl (C=O) groups is 2. The Hall–Kier alpha value is -2.25. The van der Waals surface area contributed by atoms with Gasteiger partial charge in [0.25, 0.3) is 0 Å². The van der Waals surface area contributed by atoms with Gasteiger partial charge in [0.05, 0.1) is 5.92 Å². The van der Waals surface area contributed by atoms with Gasteiger partial charge < -0.3 is 15.3 Å². The van der Waals surface area contributed by atoms with Crippen molar-refractivity contribution in [2.24, 2.45) is 0 Å². The Labute approximate surface area is 118 Å². The van der Waals surface area contributed by atoms with Crippen LogP contribution in [0.3, 0.4) is 0 Å². The van der Waals surface area contributed by atoms with Crippen molar-refractivity contribution in [1.82, 2.24) is 10.2 Å². The zero-order valence-corrected chi connectivity index (χ0v) is 10.9. The fourth-order valence-electron chi connectivity index (χ4n) is 2.26. The summed E-state index contributed by atoms with van der Waals surface area (Å²) < 4.78 is 36.3. The molecule has 1 aliphatic rings. The zero-order chi connectivity index (χ0) is 15.6. The maximum absolute atomic E-state index is 12.1. The van der Waals surface area contributed by atoms with Gasteiger partial charge in [-0.3, -0.25) is 4.79 Å². The molecule has 8 heteroatoms. The van der Waals surface area contributed by atoms with Crippen LogP contribution in [0.1, 0.15) is 17.0 Å². The number of alkyl halides is 3. The van der Waals surface area contributed by atoms with Crippen LogP contribution >= 0.6 is 0 Å². The van der Waals surface area contributed by atoms with E-state index >= 15 is 0 Å². The third kappa shape index (κ3) is 3.65. The monoisotopic (exact) mass is 302 g/mol. The van der Waals surface area contributed by atoms with Crippen molar-refractivity contribution in [3.63, 3.8) is 0 Å². The number of hydrogen-bond acceptors (Lipinski definition) is 2. The lowest BCUT2D eigenvalue weighted by Gasteiger charge is -2.32. The van der Waals surface area contributed by atoms with Crippen molar-refractivity contribution >= 4 is 12.0 Å². The number of carboxylic acid groups (broad SMARTS) is 1. The number of fused-ring (bicyclic) bond motifs is 1. The lowest BCUT2D eigenvalue weighted by molar-refractivity contribution is -0.139. The van der Waals surface area contributed by atoms with Crippen LogP contribution in [-0.2, 0) is 11.3 Å². The summed E-state index contributed by atoms with van der Waals surface area (Å²) >= 11 is 0. The van der Waals surface area contributed by atoms with Crippen molar-refractivity contribution in [2.75, 3.05) is 13.1 Å². The van der Waals surface area contributed by atoms with E-state index in [4.69, 9.17) is 0 Å². The van der Waals surface area contributed by atoms with Crippen molar-refractivity contribution in [3.8, 4) is 0 Å². The number of nitrogens with zero attached hydrogens (tertiary/aromatic N) is 1. The molecule has 1 heterocycles. The number of urea groups is 1. The number of carboxylic acids is 1. The van der Waals surface area contributed by atoms with Crippen molar-refractivity contribution in [1.29, 1.82) is 0 Å². The SMILES string of the molecule is O=C(O)C1CN(C(=O)NCC(F)(F)F)Cc2ccccc21. The second kappa shape index (κ2) is 5.63. The molecule has 2 rings (SSSR count). The van der Waals surface area contributed by atoms with Crippen molar-refractivity contribution in [3.05, 3.63) is 35.4 Å². The number of hydrogen-bond donors (Lipinski definition) is 2. The van der Waals surface area contributed by atoms with Gasteiger partial charge in [-0.1, -0.05) is 24.3 Å². The van der Waals surface area contributed by atoms with Gasteiger partial charge in [0, 0.05) is 13.1 Å². The fraction of sp³-hybridized carbons (Fsp3) is 0.385. The molecule has 1 aliphatic heterocycles. The normalized spacial score (nSPS) is 18.0. The minimum atomic E-state index is -4.50. The second-order valence-corrected chi connectivity index (χ2v) is 4.74. The highest BCUT2D eigenvalue weighted by Gasteiger charge is 2.34. The predicted molar refractivity (Wildman–Crippen MR) is 66.7 cm³/mol. The lowest BCUT2D eigenvalue weighted by atomic mass is 9.90. The number of aliphatic carboxylic acids is 1. The highest BCUT2D eigenvalue weighted by atomic mass is 19.4. The van der Waals surface area contributed by atoms with Gasteiger partial charge in [-0.15, -0.1) is 0 Å². The summed E-state index contributed by atoms with van der Waals surface area (Å²) in [6.45, 7) is -1.51. The average molecular weight is 302 g/mol. The molecule has 0 fully saturated rings. The molecule has 2 amide bonds. The number of halogens is 3. The molecule has 0 aliphatic carbocycles. The molecule has 1 atom stereocenters. The van der Waals surface area contributed by atoms with Crippen LogP contribution in [0.25, 0.3) is 0 Å². The standard InChI is InChI=1S/C13H13F3N2O3/c14-13(15,16)7-17-12(21)18-5-8-3-1-2-4-9(8)10(6-18)11(19)20/h1-4,10H,5-7H2,(H,17,21)(H,19,20). The molecule has 1 unspecified atom stereocenters. The molecule has 114 valence electrons. The van der Waals surface area contributed by atoms with E-state index in [0.29, 0.717) is 11.1 Å². The lowest BCUT2D eigenvalue weighted by Crippen LogP contribution is -2.47. The summed E-state index contributed by atoms with van der Waals surface area (Å²) in [5, 5.41) is 11.0. The van der Waals surface area contributed by atoms with E-state index in [9.17, 15) is 27.9 Å². The van der Waals surface area contributed by atoms with Crippen LogP contribution in [-0.4, -0.2) is 41.3 Å². The van der Waals surface area contributed by atoms with E-state index < -0.39 is 30.6 Å². The fourth-order valence-corrected chi connectivity index (χ4v) is 2.26. The Morgan fingerprint density at radius 2 is 2.00 bits per heavy atom. The Kier molecular flexibility index (Phi) is 4.06. The van der Waals surface area contributed by atoms with E-state index in [1.54, 1.807) is 29.6 Å². The molecular weight excluding hydrogens is 289 g/mol. The number of rotatable bonds is 2. The van der Waals surface area contributed by atoms with Gasteiger partial charge in [-0.25, -0.2) is 4.79 Å². The predicted octanol–water partition coefficient (Wildman–Crippen LogP) is 1.94. The van der Waals surface area contributed by atoms with Gasteiger partial charge >= 0.3 is 18.2 Å². The first kappa shape index (κ1) is 15.1. The van der Waals surface area contributed by atoms with Crippen molar-refractivity contribution in [2.45, 2.75) is 18.6 Å². The largest absolute Gasteiger partial charge is 0.481 e. The minimum Gasteiger partial charge on any atom is -0.481 e. The molecule has 0 spiro atoms. The molecule has 0 bridgehead atoms. The number of nitrogens with one attached hydrogen (secondary N) is 1. The zero-order valence-electron chi connectivity index (χ0n) is 10.9. The summed E-state index contributed by atoms with van der Waals surface area (Å²) in [4.78, 5) is 24.1. The van der Waals surface area contributed by atoms with Gasteiger partial charge in [0.15, 0.2) is 0 Å². The molecule has 1 aromatic carbocycles. The van der Waals surface area contributed by atoms with Crippen LogP contribution in [0.2, 0.25) is 0 Å². The van der Waals surface area contributed by atoms with E-state index in [1.165, 1.54) is 0 Å². The van der Waals surface area contributed by atoms with Crippen LogP contribution < -0.4 is 5.32 Å². The molecule has 5 nitrogen and oxygen atoms in total. The van der Waals surface area contributed by atoms with E-state index in [1.807, 2.05) is 0 Å². The molecular formula is C13H13F3N2O3. The van der Waals surface area contributed by atoms with E-state index in [-0.39, 0.29) is 13.1 Å². The Morgan fingerprint density at radius 1 is 1.33 bits per heavy atom. The van der Waals surface area contributed by atoms with Crippen LogP contribution in [0.4, 0.5) is 18.0 Å². The van der Waals surface area contributed by atoms with Crippen molar-refractivity contribution < 1.29 is 27.9 Å².